The third-order valence-electron chi connectivity index (χ3n) is 5.46. The quantitative estimate of drug-likeness (QED) is 0.0861. The maximum absolute atomic E-state index is 13.0. The zero-order valence-corrected chi connectivity index (χ0v) is 21.1. The van der Waals surface area contributed by atoms with Crippen LogP contribution in [0.3, 0.4) is 0 Å². The first-order valence-electron chi connectivity index (χ1n) is 11.5. The topological polar surface area (TPSA) is 68.9 Å². The lowest BCUT2D eigenvalue weighted by atomic mass is 10.1. The Morgan fingerprint density at radius 3 is 2.22 bits per heavy atom. The van der Waals surface area contributed by atoms with E-state index in [2.05, 4.69) is 23.1 Å². The van der Waals surface area contributed by atoms with Gasteiger partial charge in [-0.05, 0) is 79.9 Å². The lowest BCUT2D eigenvalue weighted by Crippen LogP contribution is -1.99. The summed E-state index contributed by atoms with van der Waals surface area (Å²) in [4.78, 5) is 30.7. The third-order valence-corrected chi connectivity index (χ3v) is 6.47. The third kappa shape index (κ3) is 6.32. The molecule has 0 aliphatic rings. The molecule has 0 spiro atoms. The number of benzene rings is 3. The summed E-state index contributed by atoms with van der Waals surface area (Å²) in [6, 6.07) is 23.1. The molecule has 0 saturated carbocycles. The number of fused-ring (bicyclic) bond motifs is 1. The second kappa shape index (κ2) is 11.6. The number of carbonyl (C=O) groups is 2. The van der Waals surface area contributed by atoms with Crippen molar-refractivity contribution < 1.29 is 18.8 Å². The largest absolute Gasteiger partial charge is 0.453 e. The van der Waals surface area contributed by atoms with Gasteiger partial charge in [-0.25, -0.2) is 4.79 Å². The van der Waals surface area contributed by atoms with Crippen LogP contribution in [0.15, 0.2) is 92.2 Å². The molecule has 5 nitrogen and oxygen atoms in total. The van der Waals surface area contributed by atoms with Crippen molar-refractivity contribution >= 4 is 40.2 Å². The van der Waals surface area contributed by atoms with Crippen LogP contribution in [-0.2, 0) is 16.1 Å². The smallest absolute Gasteiger partial charge is 0.331 e. The average Bonchev–Trinajstić information content (AvgIpc) is 3.31. The van der Waals surface area contributed by atoms with Crippen molar-refractivity contribution in [2.75, 3.05) is 0 Å². The summed E-state index contributed by atoms with van der Waals surface area (Å²) in [5.74, 6) is 5.71. The maximum atomic E-state index is 13.0. The van der Waals surface area contributed by atoms with Crippen LogP contribution in [0.4, 0.5) is 0 Å². The van der Waals surface area contributed by atoms with Crippen LogP contribution in [0.25, 0.3) is 11.0 Å². The second-order valence-corrected chi connectivity index (χ2v) is 9.30. The highest BCUT2D eigenvalue weighted by Crippen LogP contribution is 2.29. The van der Waals surface area contributed by atoms with Gasteiger partial charge in [0.25, 0.3) is 0 Å². The predicted molar refractivity (Wildman–Crippen MR) is 142 cm³/mol. The molecule has 36 heavy (non-hydrogen) atoms. The van der Waals surface area contributed by atoms with E-state index in [1.165, 1.54) is 6.92 Å². The molecule has 0 amide bonds. The van der Waals surface area contributed by atoms with Crippen LogP contribution in [0.1, 0.15) is 54.4 Å². The normalized spacial score (nSPS) is 11.1. The molecule has 1 aromatic heterocycles. The molecule has 0 N–H and O–H groups in total. The van der Waals surface area contributed by atoms with Crippen LogP contribution < -0.4 is 0 Å². The van der Waals surface area contributed by atoms with E-state index in [-0.39, 0.29) is 5.78 Å². The van der Waals surface area contributed by atoms with Gasteiger partial charge >= 0.3 is 5.97 Å². The van der Waals surface area contributed by atoms with E-state index < -0.39 is 5.97 Å². The summed E-state index contributed by atoms with van der Waals surface area (Å²) in [5.41, 5.74) is 3.92. The molecule has 0 unspecified atom stereocenters. The van der Waals surface area contributed by atoms with Gasteiger partial charge in [0, 0.05) is 34.1 Å². The molecule has 3 aromatic carbocycles. The van der Waals surface area contributed by atoms with Crippen molar-refractivity contribution in [2.45, 2.75) is 43.4 Å². The van der Waals surface area contributed by atoms with Crippen LogP contribution in [0.2, 0.25) is 0 Å². The first-order valence-corrected chi connectivity index (χ1v) is 12.3. The molecule has 0 atom stereocenters. The van der Waals surface area contributed by atoms with Gasteiger partial charge < -0.3 is 9.25 Å². The number of carbonyl (C=O) groups excluding carboxylic acids is 2. The van der Waals surface area contributed by atoms with Gasteiger partial charge in [0.15, 0.2) is 5.76 Å². The number of nitrogens with zero attached hydrogens (tertiary/aromatic N) is 1. The highest BCUT2D eigenvalue weighted by molar-refractivity contribution is 7.99. The molecule has 1 heterocycles. The van der Waals surface area contributed by atoms with Crippen LogP contribution in [0.5, 0.6) is 0 Å². The monoisotopic (exact) mass is 495 g/mol. The number of furan rings is 1. The zero-order valence-electron chi connectivity index (χ0n) is 20.3. The molecule has 0 fully saturated rings. The van der Waals surface area contributed by atoms with Gasteiger partial charge in [-0.1, -0.05) is 41.2 Å². The standard InChI is InChI=1S/C30H25NO4S/c1-4-5-6-7-22-8-9-25-19-29(34-28(25)18-22)30(33)24-12-16-27(17-13-24)36-26-14-10-23(11-15-26)20(2)31-35-21(3)32/h8-19H,6-7H2,1-3H3. The Balaban J connectivity index is 1.42. The summed E-state index contributed by atoms with van der Waals surface area (Å²) >= 11 is 1.59. The fourth-order valence-electron chi connectivity index (χ4n) is 3.58. The molecule has 4 aromatic rings. The van der Waals surface area contributed by atoms with Crippen LogP contribution in [-0.4, -0.2) is 17.5 Å². The van der Waals surface area contributed by atoms with Crippen molar-refractivity contribution in [3.8, 4) is 11.8 Å². The molecule has 0 radical (unpaired) electrons. The summed E-state index contributed by atoms with van der Waals surface area (Å²) in [6.45, 7) is 4.93. The molecular formula is C30H25NO4S. The van der Waals surface area contributed by atoms with Gasteiger partial charge in [0.2, 0.25) is 5.78 Å². The number of ketones is 1. The average molecular weight is 496 g/mol. The highest BCUT2D eigenvalue weighted by atomic mass is 32.2. The van der Waals surface area contributed by atoms with Gasteiger partial charge in [-0.3, -0.25) is 4.79 Å². The fraction of sp³-hybridized carbons (Fsp3) is 0.167. The van der Waals surface area contributed by atoms with Crippen LogP contribution in [0, 0.1) is 11.8 Å². The molecule has 180 valence electrons. The number of hydrogen-bond acceptors (Lipinski definition) is 6. The summed E-state index contributed by atoms with van der Waals surface area (Å²) in [5, 5.41) is 4.72. The Morgan fingerprint density at radius 1 is 0.917 bits per heavy atom. The number of rotatable bonds is 8. The van der Waals surface area contributed by atoms with Crippen LogP contribution >= 0.6 is 11.8 Å². The Morgan fingerprint density at radius 2 is 1.58 bits per heavy atom. The van der Waals surface area contributed by atoms with Crippen molar-refractivity contribution in [1.29, 1.82) is 0 Å². The minimum atomic E-state index is -0.452. The summed E-state index contributed by atoms with van der Waals surface area (Å²) in [6.07, 6.45) is 1.65. The zero-order chi connectivity index (χ0) is 25.5. The lowest BCUT2D eigenvalue weighted by molar-refractivity contribution is -0.140. The number of hydrogen-bond donors (Lipinski definition) is 0. The van der Waals surface area contributed by atoms with Crippen molar-refractivity contribution in [1.82, 2.24) is 0 Å². The van der Waals surface area contributed by atoms with E-state index in [9.17, 15) is 9.59 Å². The van der Waals surface area contributed by atoms with Gasteiger partial charge in [-0.15, -0.1) is 11.8 Å². The number of aryl methyl sites for hydroxylation is 1. The highest BCUT2D eigenvalue weighted by Gasteiger charge is 2.15. The van der Waals surface area contributed by atoms with E-state index in [1.807, 2.05) is 67.6 Å². The maximum Gasteiger partial charge on any atom is 0.331 e. The van der Waals surface area contributed by atoms with Gasteiger partial charge in [0.1, 0.15) is 5.58 Å². The molecule has 0 aliphatic heterocycles. The van der Waals surface area contributed by atoms with E-state index in [4.69, 9.17) is 9.25 Å². The second-order valence-electron chi connectivity index (χ2n) is 8.15. The predicted octanol–water partition coefficient (Wildman–Crippen LogP) is 7.06. The van der Waals surface area contributed by atoms with E-state index in [0.29, 0.717) is 22.6 Å². The van der Waals surface area contributed by atoms with Gasteiger partial charge in [-0.2, -0.15) is 0 Å². The number of oxime groups is 1. The van der Waals surface area contributed by atoms with E-state index in [1.54, 1.807) is 24.8 Å². The fourth-order valence-corrected chi connectivity index (χ4v) is 4.39. The summed E-state index contributed by atoms with van der Waals surface area (Å²) in [7, 11) is 0. The van der Waals surface area contributed by atoms with E-state index >= 15 is 0 Å². The van der Waals surface area contributed by atoms with Crippen molar-refractivity contribution in [3.63, 3.8) is 0 Å². The first-order chi connectivity index (χ1) is 17.4. The molecule has 0 aliphatic carbocycles. The molecule has 0 saturated heterocycles. The molecule has 6 heteroatoms. The first kappa shape index (κ1) is 25.0. The van der Waals surface area contributed by atoms with Crippen molar-refractivity contribution in [3.05, 3.63) is 95.2 Å². The molecule has 0 bridgehead atoms. The van der Waals surface area contributed by atoms with Crippen molar-refractivity contribution in [2.24, 2.45) is 5.16 Å². The van der Waals surface area contributed by atoms with Gasteiger partial charge in [0.05, 0.1) is 5.71 Å². The Kier molecular flexibility index (Phi) is 8.04. The minimum Gasteiger partial charge on any atom is -0.453 e. The Hall–Kier alpha value is -4.08. The Labute approximate surface area is 214 Å². The SMILES string of the molecule is CC#CCCc1ccc2cc(C(=O)c3ccc(Sc4ccc(C(C)=NOC(C)=O)cc4)cc3)oc2c1. The minimum absolute atomic E-state index is 0.145. The lowest BCUT2D eigenvalue weighted by Gasteiger charge is -2.05. The van der Waals surface area contributed by atoms with E-state index in [0.717, 1.165) is 39.1 Å². The molecular weight excluding hydrogens is 470 g/mol. The molecule has 4 rings (SSSR count). The summed E-state index contributed by atoms with van der Waals surface area (Å²) < 4.78 is 5.89. The Bertz CT molecular complexity index is 1490.